The highest BCUT2D eigenvalue weighted by Crippen LogP contribution is 2.24. The summed E-state index contributed by atoms with van der Waals surface area (Å²) in [6.07, 6.45) is 2.59. The smallest absolute Gasteiger partial charge is 0.191 e. The number of aliphatic imine (C=N–C) groups is 1. The van der Waals surface area contributed by atoms with Gasteiger partial charge in [0, 0.05) is 27.2 Å². The van der Waals surface area contributed by atoms with Crippen molar-refractivity contribution in [3.63, 3.8) is 0 Å². The average Bonchev–Trinajstić information content (AvgIpc) is 3.09. The van der Waals surface area contributed by atoms with E-state index >= 15 is 0 Å². The van der Waals surface area contributed by atoms with Gasteiger partial charge in [-0.05, 0) is 31.5 Å². The number of nitrogens with one attached hydrogen (secondary N) is 2. The van der Waals surface area contributed by atoms with Crippen LogP contribution in [-0.2, 0) is 4.74 Å². The van der Waals surface area contributed by atoms with Crippen LogP contribution in [0.3, 0.4) is 0 Å². The van der Waals surface area contributed by atoms with Crippen molar-refractivity contribution in [2.45, 2.75) is 18.9 Å². The number of likely N-dealkylation sites (tertiary alicyclic amines) is 1. The molecule has 1 aromatic rings. The average molecular weight is 304 g/mol. The summed E-state index contributed by atoms with van der Waals surface area (Å²) in [5, 5.41) is 6.71. The Bertz CT molecular complexity index is 443. The Morgan fingerprint density at radius 3 is 2.59 bits per heavy atom. The lowest BCUT2D eigenvalue weighted by atomic mass is 10.1. The number of guanidine groups is 1. The number of ether oxygens (including phenoxy) is 1. The predicted molar refractivity (Wildman–Crippen MR) is 91.2 cm³/mol. The summed E-state index contributed by atoms with van der Waals surface area (Å²) < 4.78 is 5.06. The number of benzene rings is 1. The molecule has 1 saturated heterocycles. The molecule has 5 heteroatoms. The van der Waals surface area contributed by atoms with Crippen LogP contribution in [0.15, 0.2) is 35.3 Å². The fraction of sp³-hybridized carbons (Fsp3) is 0.588. The maximum Gasteiger partial charge on any atom is 0.191 e. The van der Waals surface area contributed by atoms with E-state index in [0.717, 1.165) is 19.0 Å². The largest absolute Gasteiger partial charge is 0.383 e. The Hall–Kier alpha value is -1.59. The lowest BCUT2D eigenvalue weighted by Gasteiger charge is -2.28. The first-order chi connectivity index (χ1) is 10.8. The number of methoxy groups -OCH3 is 1. The van der Waals surface area contributed by atoms with Crippen molar-refractivity contribution >= 4 is 5.96 Å². The molecule has 0 spiro atoms. The predicted octanol–water partition coefficient (Wildman–Crippen LogP) is 1.63. The van der Waals surface area contributed by atoms with Gasteiger partial charge < -0.3 is 15.4 Å². The molecule has 122 valence electrons. The first kappa shape index (κ1) is 16.8. The summed E-state index contributed by atoms with van der Waals surface area (Å²) in [6.45, 7) is 4.65. The summed E-state index contributed by atoms with van der Waals surface area (Å²) >= 11 is 0. The zero-order chi connectivity index (χ0) is 15.6. The van der Waals surface area contributed by atoms with E-state index in [1.807, 2.05) is 0 Å². The monoisotopic (exact) mass is 304 g/mol. The molecule has 2 N–H and O–H groups in total. The fourth-order valence-corrected chi connectivity index (χ4v) is 2.87. The first-order valence-corrected chi connectivity index (χ1v) is 8.07. The summed E-state index contributed by atoms with van der Waals surface area (Å²) in [5.74, 6) is 0.831. The van der Waals surface area contributed by atoms with E-state index < -0.39 is 0 Å². The molecule has 1 heterocycles. The Labute approximate surface area is 133 Å². The molecule has 1 atom stereocenters. The van der Waals surface area contributed by atoms with E-state index in [0.29, 0.717) is 12.6 Å². The van der Waals surface area contributed by atoms with Gasteiger partial charge in [0.25, 0.3) is 0 Å². The minimum Gasteiger partial charge on any atom is -0.383 e. The molecule has 1 aliphatic rings. The van der Waals surface area contributed by atoms with Gasteiger partial charge in [-0.15, -0.1) is 0 Å². The van der Waals surface area contributed by atoms with Gasteiger partial charge in [-0.1, -0.05) is 30.3 Å². The van der Waals surface area contributed by atoms with Crippen molar-refractivity contribution in [2.75, 3.05) is 46.9 Å². The molecule has 1 aliphatic heterocycles. The highest BCUT2D eigenvalue weighted by atomic mass is 16.5. The van der Waals surface area contributed by atoms with Gasteiger partial charge >= 0.3 is 0 Å². The van der Waals surface area contributed by atoms with Crippen LogP contribution in [0.25, 0.3) is 0 Å². The molecular weight excluding hydrogens is 276 g/mol. The third-order valence-corrected chi connectivity index (χ3v) is 4.05. The molecule has 1 unspecified atom stereocenters. The first-order valence-electron chi connectivity index (χ1n) is 8.07. The zero-order valence-corrected chi connectivity index (χ0v) is 13.7. The van der Waals surface area contributed by atoms with E-state index in [4.69, 9.17) is 4.74 Å². The van der Waals surface area contributed by atoms with Crippen LogP contribution >= 0.6 is 0 Å². The Kier molecular flexibility index (Phi) is 7.19. The van der Waals surface area contributed by atoms with Gasteiger partial charge in [0.05, 0.1) is 12.6 Å². The highest BCUT2D eigenvalue weighted by molar-refractivity contribution is 5.79. The molecular formula is C17H28N4O. The molecule has 1 aromatic carbocycles. The van der Waals surface area contributed by atoms with Gasteiger partial charge in [0.1, 0.15) is 0 Å². The summed E-state index contributed by atoms with van der Waals surface area (Å²) in [4.78, 5) is 6.83. The lowest BCUT2D eigenvalue weighted by molar-refractivity contribution is 0.203. The van der Waals surface area contributed by atoms with Gasteiger partial charge in [0.15, 0.2) is 5.96 Å². The van der Waals surface area contributed by atoms with Gasteiger partial charge in [-0.25, -0.2) is 0 Å². The van der Waals surface area contributed by atoms with Gasteiger partial charge in [0.2, 0.25) is 0 Å². The molecule has 1 fully saturated rings. The SMILES string of the molecule is CN=C(NCCOC)NCC(c1ccccc1)N1CCCC1. The van der Waals surface area contributed by atoms with Crippen LogP contribution in [0.1, 0.15) is 24.4 Å². The van der Waals surface area contributed by atoms with Crippen molar-refractivity contribution < 1.29 is 4.74 Å². The Morgan fingerprint density at radius 1 is 1.23 bits per heavy atom. The van der Waals surface area contributed by atoms with Crippen LogP contribution < -0.4 is 10.6 Å². The lowest BCUT2D eigenvalue weighted by Crippen LogP contribution is -2.43. The van der Waals surface area contributed by atoms with Crippen molar-refractivity contribution in [2.24, 2.45) is 4.99 Å². The molecule has 0 amide bonds. The van der Waals surface area contributed by atoms with Crippen molar-refractivity contribution in [3.8, 4) is 0 Å². The van der Waals surface area contributed by atoms with Crippen LogP contribution in [0.4, 0.5) is 0 Å². The normalized spacial score (nSPS) is 17.5. The van der Waals surface area contributed by atoms with Crippen LogP contribution in [0.5, 0.6) is 0 Å². The minimum absolute atomic E-state index is 0.393. The van der Waals surface area contributed by atoms with E-state index in [2.05, 4.69) is 50.9 Å². The van der Waals surface area contributed by atoms with Crippen LogP contribution in [-0.4, -0.2) is 57.8 Å². The molecule has 0 radical (unpaired) electrons. The van der Waals surface area contributed by atoms with Gasteiger partial charge in [-0.3, -0.25) is 9.89 Å². The van der Waals surface area contributed by atoms with Crippen LogP contribution in [0.2, 0.25) is 0 Å². The highest BCUT2D eigenvalue weighted by Gasteiger charge is 2.23. The summed E-state index contributed by atoms with van der Waals surface area (Å²) in [5.41, 5.74) is 1.37. The molecule has 2 rings (SSSR count). The molecule has 0 aliphatic carbocycles. The molecule has 22 heavy (non-hydrogen) atoms. The van der Waals surface area contributed by atoms with E-state index in [1.54, 1.807) is 14.2 Å². The second-order valence-corrected chi connectivity index (χ2v) is 5.54. The van der Waals surface area contributed by atoms with Crippen LogP contribution in [0, 0.1) is 0 Å². The molecule has 0 aromatic heterocycles. The number of hydrogen-bond donors (Lipinski definition) is 2. The molecule has 5 nitrogen and oxygen atoms in total. The fourth-order valence-electron chi connectivity index (χ4n) is 2.87. The standard InChI is InChI=1S/C17H28N4O/c1-18-17(19-10-13-22-2)20-14-16(21-11-6-7-12-21)15-8-4-3-5-9-15/h3-5,8-9,16H,6-7,10-14H2,1-2H3,(H2,18,19,20). The Morgan fingerprint density at radius 2 is 1.95 bits per heavy atom. The third kappa shape index (κ3) is 5.00. The number of nitrogens with zero attached hydrogens (tertiary/aromatic N) is 2. The van der Waals surface area contributed by atoms with Crippen molar-refractivity contribution in [1.29, 1.82) is 0 Å². The van der Waals surface area contributed by atoms with E-state index in [-0.39, 0.29) is 0 Å². The maximum absolute atomic E-state index is 5.06. The summed E-state index contributed by atoms with van der Waals surface area (Å²) in [7, 11) is 3.51. The second-order valence-electron chi connectivity index (χ2n) is 5.54. The van der Waals surface area contributed by atoms with E-state index in [9.17, 15) is 0 Å². The Balaban J connectivity index is 1.94. The molecule has 0 bridgehead atoms. The minimum atomic E-state index is 0.393. The van der Waals surface area contributed by atoms with Crippen molar-refractivity contribution in [1.82, 2.24) is 15.5 Å². The zero-order valence-electron chi connectivity index (χ0n) is 13.7. The maximum atomic E-state index is 5.06. The quantitative estimate of drug-likeness (QED) is 0.457. The van der Waals surface area contributed by atoms with Crippen molar-refractivity contribution in [3.05, 3.63) is 35.9 Å². The topological polar surface area (TPSA) is 48.9 Å². The van der Waals surface area contributed by atoms with E-state index in [1.165, 1.54) is 31.5 Å². The summed E-state index contributed by atoms with van der Waals surface area (Å²) in [6, 6.07) is 11.1. The third-order valence-electron chi connectivity index (χ3n) is 4.05. The second kappa shape index (κ2) is 9.43. The van der Waals surface area contributed by atoms with Gasteiger partial charge in [-0.2, -0.15) is 0 Å². The number of hydrogen-bond acceptors (Lipinski definition) is 3. The molecule has 0 saturated carbocycles. The number of rotatable bonds is 7.